The fourth-order valence-corrected chi connectivity index (χ4v) is 1.45. The first kappa shape index (κ1) is 8.43. The smallest absolute Gasteiger partial charge is 0.316 e. The molecule has 1 N–H and O–H groups in total. The maximum absolute atomic E-state index is 11.2. The van der Waals surface area contributed by atoms with Gasteiger partial charge in [0.25, 0.3) is 0 Å². The van der Waals surface area contributed by atoms with E-state index in [9.17, 15) is 14.9 Å². The Morgan fingerprint density at radius 2 is 2.14 bits per heavy atom. The maximum Gasteiger partial charge on any atom is 0.343 e. The summed E-state index contributed by atoms with van der Waals surface area (Å²) >= 11 is 0. The molecule has 1 aromatic carbocycles. The lowest BCUT2D eigenvalue weighted by molar-refractivity contribution is -0.375. The number of hydrogen-bond acceptors (Lipinski definition) is 3. The van der Waals surface area contributed by atoms with Crippen LogP contribution in [0.4, 0.5) is 5.69 Å². The maximum atomic E-state index is 11.2. The molecule has 5 nitrogen and oxygen atoms in total. The summed E-state index contributed by atoms with van der Waals surface area (Å²) in [4.78, 5) is 21.1. The molecule has 0 spiro atoms. The average Bonchev–Trinajstić information content (AvgIpc) is 2.42. The van der Waals surface area contributed by atoms with E-state index in [0.717, 1.165) is 0 Å². The van der Waals surface area contributed by atoms with Gasteiger partial charge < -0.3 is 5.32 Å². The van der Waals surface area contributed by atoms with Crippen LogP contribution in [0.5, 0.6) is 0 Å². The van der Waals surface area contributed by atoms with Gasteiger partial charge in [0.05, 0.1) is 15.8 Å². The molecule has 0 radical (unpaired) electrons. The third-order valence-electron chi connectivity index (χ3n) is 2.03. The molecule has 1 heterocycles. The third kappa shape index (κ3) is 0.990. The van der Waals surface area contributed by atoms with Crippen LogP contribution >= 0.6 is 0 Å². The molecule has 70 valence electrons. The number of fused-ring (bicyclic) bond motifs is 1. The van der Waals surface area contributed by atoms with E-state index < -0.39 is 16.5 Å². The van der Waals surface area contributed by atoms with Gasteiger partial charge in [0.2, 0.25) is 0 Å². The van der Waals surface area contributed by atoms with E-state index in [1.165, 1.54) is 0 Å². The number of nitrogens with one attached hydrogen (secondary N) is 1. The molecule has 14 heavy (non-hydrogen) atoms. The van der Waals surface area contributed by atoms with E-state index in [4.69, 9.17) is 0 Å². The third-order valence-corrected chi connectivity index (χ3v) is 2.03. The van der Waals surface area contributed by atoms with E-state index >= 15 is 0 Å². The molecular weight excluding hydrogens is 184 g/mol. The van der Waals surface area contributed by atoms with Crippen LogP contribution in [0, 0.1) is 10.1 Å². The van der Waals surface area contributed by atoms with Crippen LogP contribution in [0.25, 0.3) is 12.3 Å². The van der Waals surface area contributed by atoms with E-state index in [1.807, 2.05) is 0 Å². The molecule has 1 aliphatic heterocycles. The summed E-state index contributed by atoms with van der Waals surface area (Å²) in [5.74, 6) is -0.680. The highest BCUT2D eigenvalue weighted by Crippen LogP contribution is 2.09. The van der Waals surface area contributed by atoms with Crippen LogP contribution in [0.1, 0.15) is 0 Å². The Morgan fingerprint density at radius 3 is 2.79 bits per heavy atom. The lowest BCUT2D eigenvalue weighted by Gasteiger charge is -1.91. The number of amides is 1. The molecule has 1 amide bonds. The van der Waals surface area contributed by atoms with Gasteiger partial charge in [-0.05, 0) is 11.3 Å². The minimum atomic E-state index is -0.685. The van der Waals surface area contributed by atoms with Crippen molar-refractivity contribution in [3.05, 3.63) is 38.8 Å². The predicted octanol–water partition coefficient (Wildman–Crippen LogP) is -0.566. The zero-order chi connectivity index (χ0) is 10.3. The molecule has 1 aliphatic rings. The summed E-state index contributed by atoms with van der Waals surface area (Å²) in [5.41, 5.74) is 0.0276. The number of carbonyl (C=O) groups excluding carboxylic acids is 1. The highest BCUT2D eigenvalue weighted by atomic mass is 16.6. The number of nitrogens with zero attached hydrogens (tertiary/aromatic N) is 1. The van der Waals surface area contributed by atoms with E-state index in [2.05, 4.69) is 11.9 Å². The van der Waals surface area contributed by atoms with Gasteiger partial charge in [-0.3, -0.25) is 14.9 Å². The average molecular weight is 190 g/mol. The minimum Gasteiger partial charge on any atom is -0.316 e. The zero-order valence-electron chi connectivity index (χ0n) is 7.11. The lowest BCUT2D eigenvalue weighted by Crippen LogP contribution is -2.26. The molecule has 0 fully saturated rings. The van der Waals surface area contributed by atoms with Crippen molar-refractivity contribution in [1.29, 1.82) is 0 Å². The summed E-state index contributed by atoms with van der Waals surface area (Å²) in [6, 6.07) is 4.92. The first-order chi connectivity index (χ1) is 6.61. The zero-order valence-corrected chi connectivity index (χ0v) is 7.11. The number of rotatable bonds is 1. The Labute approximate surface area is 78.5 Å². The Bertz CT molecular complexity index is 548. The van der Waals surface area contributed by atoms with Crippen LogP contribution in [0.2, 0.25) is 0 Å². The monoisotopic (exact) mass is 190 g/mol. The van der Waals surface area contributed by atoms with Gasteiger partial charge in [-0.1, -0.05) is 18.7 Å². The number of nitro groups is 1. The van der Waals surface area contributed by atoms with Crippen LogP contribution in [0.15, 0.2) is 18.2 Å². The highest BCUT2D eigenvalue weighted by molar-refractivity contribution is 6.21. The molecule has 0 saturated carbocycles. The van der Waals surface area contributed by atoms with Crippen molar-refractivity contribution in [2.24, 2.45) is 0 Å². The second-order valence-corrected chi connectivity index (χ2v) is 2.90. The van der Waals surface area contributed by atoms with Crippen LogP contribution in [0.3, 0.4) is 0 Å². The first-order valence-corrected chi connectivity index (χ1v) is 3.89. The summed E-state index contributed by atoms with van der Waals surface area (Å²) in [7, 11) is 0. The SMILES string of the molecule is C=c1cccc2c1=C([N+](=O)[O-])C(=O)N2. The van der Waals surface area contributed by atoms with Crippen LogP contribution in [-0.2, 0) is 4.79 Å². The van der Waals surface area contributed by atoms with Gasteiger partial charge >= 0.3 is 11.6 Å². The van der Waals surface area contributed by atoms with E-state index in [0.29, 0.717) is 16.1 Å². The van der Waals surface area contributed by atoms with Crippen LogP contribution in [-0.4, -0.2) is 10.8 Å². The van der Waals surface area contributed by atoms with E-state index in [1.54, 1.807) is 18.2 Å². The largest absolute Gasteiger partial charge is 0.343 e. The van der Waals surface area contributed by atoms with Crippen molar-refractivity contribution < 1.29 is 9.72 Å². The molecule has 5 heteroatoms. The van der Waals surface area contributed by atoms with Gasteiger partial charge in [-0.2, -0.15) is 0 Å². The minimum absolute atomic E-state index is 0.294. The molecule has 0 bridgehead atoms. The van der Waals surface area contributed by atoms with E-state index in [-0.39, 0.29) is 0 Å². The molecule has 0 atom stereocenters. The van der Waals surface area contributed by atoms with Crippen molar-refractivity contribution in [3.63, 3.8) is 0 Å². The van der Waals surface area contributed by atoms with Gasteiger partial charge in [0.1, 0.15) is 0 Å². The Kier molecular flexibility index (Phi) is 1.60. The lowest BCUT2D eigenvalue weighted by atomic mass is 10.2. The van der Waals surface area contributed by atoms with Gasteiger partial charge in [0.15, 0.2) is 0 Å². The predicted molar refractivity (Wildman–Crippen MR) is 50.2 cm³/mol. The Balaban J connectivity index is 2.95. The molecule has 2 rings (SSSR count). The number of hydrogen-bond donors (Lipinski definition) is 1. The summed E-state index contributed by atoms with van der Waals surface area (Å²) in [5, 5.41) is 13.8. The number of benzene rings is 1. The quantitative estimate of drug-likeness (QED) is 0.476. The number of carbonyl (C=O) groups is 1. The fourth-order valence-electron chi connectivity index (χ4n) is 1.45. The molecule has 0 saturated heterocycles. The number of anilines is 1. The summed E-state index contributed by atoms with van der Waals surface area (Å²) < 4.78 is 0. The van der Waals surface area contributed by atoms with Gasteiger partial charge in [0, 0.05) is 0 Å². The van der Waals surface area contributed by atoms with Crippen molar-refractivity contribution in [3.8, 4) is 0 Å². The van der Waals surface area contributed by atoms with Crippen molar-refractivity contribution >= 4 is 23.9 Å². The normalized spacial score (nSPS) is 13.7. The topological polar surface area (TPSA) is 72.2 Å². The second kappa shape index (κ2) is 2.66. The van der Waals surface area contributed by atoms with Crippen molar-refractivity contribution in [2.45, 2.75) is 0 Å². The fraction of sp³-hybridized carbons (Fsp3) is 0. The first-order valence-electron chi connectivity index (χ1n) is 3.89. The molecule has 1 aromatic rings. The van der Waals surface area contributed by atoms with Crippen molar-refractivity contribution in [1.82, 2.24) is 0 Å². The molecule has 0 aliphatic carbocycles. The Hall–Kier alpha value is -2.17. The second-order valence-electron chi connectivity index (χ2n) is 2.90. The summed E-state index contributed by atoms with van der Waals surface area (Å²) in [6.07, 6.45) is 0. The standard InChI is InChI=1S/C9H6N2O3/c1-5-3-2-4-6-7(5)8(11(13)14)9(12)10-6/h2-4H,1H2,(H,10,12). The molecule has 0 aromatic heterocycles. The van der Waals surface area contributed by atoms with Crippen molar-refractivity contribution in [2.75, 3.05) is 5.32 Å². The molecular formula is C9H6N2O3. The molecule has 0 unspecified atom stereocenters. The Morgan fingerprint density at radius 1 is 1.43 bits per heavy atom. The van der Waals surface area contributed by atoms with Gasteiger partial charge in [-0.15, -0.1) is 0 Å². The van der Waals surface area contributed by atoms with Crippen LogP contribution < -0.4 is 15.8 Å². The highest BCUT2D eigenvalue weighted by Gasteiger charge is 2.30. The van der Waals surface area contributed by atoms with Gasteiger partial charge in [-0.25, -0.2) is 0 Å². The summed E-state index contributed by atoms with van der Waals surface area (Å²) in [6.45, 7) is 3.64.